The maximum Gasteiger partial charge on any atom is 0.233 e. The molecule has 1 aromatic heterocycles. The normalized spacial score (nSPS) is 10.5. The van der Waals surface area contributed by atoms with E-state index in [0.717, 1.165) is 16.9 Å². The van der Waals surface area contributed by atoms with Crippen LogP contribution in [0, 0.1) is 0 Å². The van der Waals surface area contributed by atoms with Crippen LogP contribution in [0.4, 0.5) is 0 Å². The average molecular weight is 254 g/mol. The highest BCUT2D eigenvalue weighted by Gasteiger charge is 2.07. The van der Waals surface area contributed by atoms with Crippen LogP contribution in [-0.2, 0) is 11.2 Å². The van der Waals surface area contributed by atoms with E-state index in [4.69, 9.17) is 4.74 Å². The molecule has 0 atom stereocenters. The minimum absolute atomic E-state index is 0.109. The molecule has 2 rings (SSSR count). The van der Waals surface area contributed by atoms with Crippen LogP contribution >= 0.6 is 0 Å². The minimum atomic E-state index is 0.109. The van der Waals surface area contributed by atoms with E-state index in [1.54, 1.807) is 24.5 Å². The second-order valence-corrected chi connectivity index (χ2v) is 4.63. The molecule has 0 bridgehead atoms. The quantitative estimate of drug-likeness (QED) is 0.823. The molecule has 0 unspecified atom stereocenters. The molecule has 1 radical (unpaired) electrons. The molecule has 0 aliphatic carbocycles. The van der Waals surface area contributed by atoms with Gasteiger partial charge in [0.15, 0.2) is 0 Å². The van der Waals surface area contributed by atoms with Crippen LogP contribution in [0.15, 0.2) is 42.7 Å². The molecule has 0 spiro atoms. The smallest absolute Gasteiger partial charge is 0.233 e. The summed E-state index contributed by atoms with van der Waals surface area (Å²) in [7, 11) is 0. The maximum absolute atomic E-state index is 11.0. The molecule has 0 N–H and O–H groups in total. The minimum Gasteiger partial charge on any atom is -0.491 e. The van der Waals surface area contributed by atoms with Gasteiger partial charge in [-0.15, -0.1) is 0 Å². The van der Waals surface area contributed by atoms with Gasteiger partial charge >= 0.3 is 0 Å². The van der Waals surface area contributed by atoms with Gasteiger partial charge in [0.25, 0.3) is 0 Å². The third-order valence-corrected chi connectivity index (χ3v) is 2.68. The molecule has 3 heteroatoms. The number of nitrogens with zero attached hydrogens (tertiary/aromatic N) is 1. The van der Waals surface area contributed by atoms with E-state index in [1.165, 1.54) is 0 Å². The number of carbonyl (C=O) groups excluding carboxylic acids is 1. The van der Waals surface area contributed by atoms with Crippen LogP contribution in [0.3, 0.4) is 0 Å². The highest BCUT2D eigenvalue weighted by Crippen LogP contribution is 2.20. The summed E-state index contributed by atoms with van der Waals surface area (Å²) in [5.41, 5.74) is 2.53. The molecule has 97 valence electrons. The lowest BCUT2D eigenvalue weighted by molar-refractivity contribution is 0.242. The molecule has 0 saturated carbocycles. The van der Waals surface area contributed by atoms with Crippen molar-refractivity contribution in [3.8, 4) is 5.75 Å². The highest BCUT2D eigenvalue weighted by molar-refractivity contribution is 5.78. The number of hydrogen-bond donors (Lipinski definition) is 0. The van der Waals surface area contributed by atoms with Crippen molar-refractivity contribution < 1.29 is 9.53 Å². The zero-order valence-electron chi connectivity index (χ0n) is 11.1. The maximum atomic E-state index is 11.0. The van der Waals surface area contributed by atoms with Crippen LogP contribution in [-0.4, -0.2) is 17.4 Å². The van der Waals surface area contributed by atoms with Gasteiger partial charge in [0.05, 0.1) is 6.10 Å². The number of rotatable bonds is 5. The molecule has 0 saturated heterocycles. The number of aromatic nitrogens is 1. The summed E-state index contributed by atoms with van der Waals surface area (Å²) in [6.45, 7) is 3.95. The lowest BCUT2D eigenvalue weighted by Gasteiger charge is -2.12. The van der Waals surface area contributed by atoms with Crippen molar-refractivity contribution in [2.45, 2.75) is 26.4 Å². The zero-order valence-corrected chi connectivity index (χ0v) is 11.1. The van der Waals surface area contributed by atoms with Gasteiger partial charge in [0.2, 0.25) is 6.29 Å². The van der Waals surface area contributed by atoms with Crippen molar-refractivity contribution in [3.63, 3.8) is 0 Å². The summed E-state index contributed by atoms with van der Waals surface area (Å²) in [6, 6.07) is 9.31. The number of benzene rings is 1. The molecule has 0 aliphatic heterocycles. The van der Waals surface area contributed by atoms with Crippen molar-refractivity contribution in [1.82, 2.24) is 4.98 Å². The fourth-order valence-electron chi connectivity index (χ4n) is 1.88. The molecule has 2 aromatic rings. The Morgan fingerprint density at radius 3 is 2.79 bits per heavy atom. The third kappa shape index (κ3) is 3.65. The molecule has 3 nitrogen and oxygen atoms in total. The summed E-state index contributed by atoms with van der Waals surface area (Å²) >= 11 is 0. The third-order valence-electron chi connectivity index (χ3n) is 2.68. The Morgan fingerprint density at radius 1 is 1.32 bits per heavy atom. The molecule has 1 heterocycles. The van der Waals surface area contributed by atoms with Crippen LogP contribution in [0.1, 0.15) is 30.5 Å². The van der Waals surface area contributed by atoms with E-state index in [1.807, 2.05) is 38.3 Å². The molecule has 19 heavy (non-hydrogen) atoms. The van der Waals surface area contributed by atoms with Crippen LogP contribution in [0.2, 0.25) is 0 Å². The van der Waals surface area contributed by atoms with Crippen LogP contribution in [0.25, 0.3) is 0 Å². The first-order valence-electron chi connectivity index (χ1n) is 6.25. The fraction of sp³-hybridized carbons (Fsp3) is 0.250. The average Bonchev–Trinajstić information content (AvgIpc) is 2.39. The first-order valence-corrected chi connectivity index (χ1v) is 6.25. The van der Waals surface area contributed by atoms with E-state index >= 15 is 0 Å². The predicted octanol–water partition coefficient (Wildman–Crippen LogP) is 2.92. The van der Waals surface area contributed by atoms with Gasteiger partial charge in [-0.2, -0.15) is 0 Å². The molecular formula is C16H16NO2. The van der Waals surface area contributed by atoms with E-state index < -0.39 is 0 Å². The van der Waals surface area contributed by atoms with Crippen molar-refractivity contribution in [3.05, 3.63) is 59.4 Å². The zero-order chi connectivity index (χ0) is 13.7. The second kappa shape index (κ2) is 6.14. The lowest BCUT2D eigenvalue weighted by Crippen LogP contribution is -2.06. The standard InChI is InChI=1S/C16H16NO2/c1-12(2)19-16-6-5-14(11-18)15(9-16)8-13-4-3-7-17-10-13/h3-7,9-10,12H,8H2,1-2H3. The van der Waals surface area contributed by atoms with Crippen molar-refractivity contribution in [1.29, 1.82) is 0 Å². The Hall–Kier alpha value is -2.16. The van der Waals surface area contributed by atoms with Gasteiger partial charge in [0, 0.05) is 18.0 Å². The van der Waals surface area contributed by atoms with Gasteiger partial charge in [-0.1, -0.05) is 6.07 Å². The van der Waals surface area contributed by atoms with Crippen molar-refractivity contribution in [2.24, 2.45) is 0 Å². The Morgan fingerprint density at radius 2 is 2.16 bits per heavy atom. The van der Waals surface area contributed by atoms with Crippen molar-refractivity contribution >= 4 is 6.29 Å². The van der Waals surface area contributed by atoms with Gasteiger partial charge in [-0.05, 0) is 55.7 Å². The number of hydrogen-bond acceptors (Lipinski definition) is 3. The molecule has 1 aromatic carbocycles. The number of ether oxygens (including phenoxy) is 1. The molecule has 0 amide bonds. The molecular weight excluding hydrogens is 238 g/mol. The first kappa shape index (κ1) is 13.3. The first-order chi connectivity index (χ1) is 9.19. The Labute approximate surface area is 113 Å². The van der Waals surface area contributed by atoms with Gasteiger partial charge in [-0.25, -0.2) is 0 Å². The van der Waals surface area contributed by atoms with Gasteiger partial charge < -0.3 is 4.74 Å². The van der Waals surface area contributed by atoms with E-state index in [2.05, 4.69) is 4.98 Å². The topological polar surface area (TPSA) is 39.2 Å². The molecule has 0 fully saturated rings. The summed E-state index contributed by atoms with van der Waals surface area (Å²) in [5, 5.41) is 0. The molecule has 0 aliphatic rings. The highest BCUT2D eigenvalue weighted by atomic mass is 16.5. The van der Waals surface area contributed by atoms with E-state index in [9.17, 15) is 4.79 Å². The Bertz CT molecular complexity index is 550. The van der Waals surface area contributed by atoms with Crippen LogP contribution in [0.5, 0.6) is 5.75 Å². The summed E-state index contributed by atoms with van der Waals surface area (Å²) in [6.07, 6.45) is 6.25. The lowest BCUT2D eigenvalue weighted by atomic mass is 10.0. The van der Waals surface area contributed by atoms with Crippen LogP contribution < -0.4 is 4.74 Å². The van der Waals surface area contributed by atoms with Crippen molar-refractivity contribution in [2.75, 3.05) is 0 Å². The second-order valence-electron chi connectivity index (χ2n) is 4.63. The van der Waals surface area contributed by atoms with Gasteiger partial charge in [-0.3, -0.25) is 9.78 Å². The van der Waals surface area contributed by atoms with Gasteiger partial charge in [0.1, 0.15) is 5.75 Å². The van der Waals surface area contributed by atoms with E-state index in [-0.39, 0.29) is 6.10 Å². The largest absolute Gasteiger partial charge is 0.491 e. The Balaban J connectivity index is 2.28. The predicted molar refractivity (Wildman–Crippen MR) is 74.0 cm³/mol. The summed E-state index contributed by atoms with van der Waals surface area (Å²) < 4.78 is 5.65. The number of pyridine rings is 1. The monoisotopic (exact) mass is 254 g/mol. The fourth-order valence-corrected chi connectivity index (χ4v) is 1.88. The Kier molecular flexibility index (Phi) is 4.29. The summed E-state index contributed by atoms with van der Waals surface area (Å²) in [5.74, 6) is 0.771. The van der Waals surface area contributed by atoms with E-state index in [0.29, 0.717) is 12.0 Å². The summed E-state index contributed by atoms with van der Waals surface area (Å²) in [4.78, 5) is 15.0. The SMILES string of the molecule is CC(C)Oc1ccc([C]=O)c(Cc2cccnc2)c1.